The SMILES string of the molecule is Cc1cc2sc(C(=O)OC#N)cc2s1. The smallest absolute Gasteiger partial charge is 0.346 e. The van der Waals surface area contributed by atoms with Gasteiger partial charge in [-0.2, -0.15) is 0 Å². The van der Waals surface area contributed by atoms with E-state index in [-0.39, 0.29) is 0 Å². The third-order valence-electron chi connectivity index (χ3n) is 1.67. The van der Waals surface area contributed by atoms with Gasteiger partial charge in [-0.05, 0) is 19.1 Å². The van der Waals surface area contributed by atoms with Crippen molar-refractivity contribution in [1.29, 1.82) is 5.26 Å². The zero-order valence-electron chi connectivity index (χ0n) is 7.23. The summed E-state index contributed by atoms with van der Waals surface area (Å²) in [4.78, 5) is 12.9. The number of hydrogen-bond acceptors (Lipinski definition) is 5. The molecular weight excluding hydrogens is 218 g/mol. The summed E-state index contributed by atoms with van der Waals surface area (Å²) in [6.07, 6.45) is 1.37. The lowest BCUT2D eigenvalue weighted by Gasteiger charge is -1.87. The van der Waals surface area contributed by atoms with E-state index in [0.29, 0.717) is 4.88 Å². The molecule has 0 aromatic carbocycles. The Kier molecular flexibility index (Phi) is 2.23. The highest BCUT2D eigenvalue weighted by molar-refractivity contribution is 7.28. The lowest BCUT2D eigenvalue weighted by atomic mass is 10.4. The van der Waals surface area contributed by atoms with Crippen LogP contribution in [0.4, 0.5) is 0 Å². The first-order valence-electron chi connectivity index (χ1n) is 3.81. The van der Waals surface area contributed by atoms with Gasteiger partial charge in [0.15, 0.2) is 0 Å². The molecular formula is C9H5NO2S2. The maximum absolute atomic E-state index is 11.2. The van der Waals surface area contributed by atoms with E-state index in [1.54, 1.807) is 17.4 Å². The van der Waals surface area contributed by atoms with Gasteiger partial charge in [0.05, 0.1) is 0 Å². The Bertz CT molecular complexity index is 501. The van der Waals surface area contributed by atoms with Gasteiger partial charge in [0.25, 0.3) is 6.26 Å². The predicted molar refractivity (Wildman–Crippen MR) is 55.5 cm³/mol. The van der Waals surface area contributed by atoms with Gasteiger partial charge in [-0.1, -0.05) is 0 Å². The van der Waals surface area contributed by atoms with E-state index in [4.69, 9.17) is 5.26 Å². The summed E-state index contributed by atoms with van der Waals surface area (Å²) >= 11 is 2.98. The highest BCUT2D eigenvalue weighted by atomic mass is 32.1. The van der Waals surface area contributed by atoms with Gasteiger partial charge in [0.2, 0.25) is 0 Å². The number of carbonyl (C=O) groups is 1. The number of nitrogens with zero attached hydrogens (tertiary/aromatic N) is 1. The van der Waals surface area contributed by atoms with E-state index in [1.807, 2.05) is 13.0 Å². The van der Waals surface area contributed by atoms with Gasteiger partial charge in [-0.3, -0.25) is 0 Å². The maximum Gasteiger partial charge on any atom is 0.363 e. The van der Waals surface area contributed by atoms with Crippen molar-refractivity contribution in [3.8, 4) is 6.26 Å². The minimum Gasteiger partial charge on any atom is -0.346 e. The first-order valence-corrected chi connectivity index (χ1v) is 5.44. The average molecular weight is 223 g/mol. The van der Waals surface area contributed by atoms with Crippen molar-refractivity contribution >= 4 is 38.0 Å². The van der Waals surface area contributed by atoms with Gasteiger partial charge in [0, 0.05) is 14.3 Å². The summed E-state index contributed by atoms with van der Waals surface area (Å²) in [6.45, 7) is 2.02. The lowest BCUT2D eigenvalue weighted by Crippen LogP contribution is -1.96. The third kappa shape index (κ3) is 1.50. The molecule has 3 nitrogen and oxygen atoms in total. The van der Waals surface area contributed by atoms with Crippen LogP contribution in [-0.4, -0.2) is 5.97 Å². The second-order valence-electron chi connectivity index (χ2n) is 2.68. The molecule has 0 amide bonds. The molecule has 0 saturated heterocycles. The number of nitriles is 1. The van der Waals surface area contributed by atoms with Crippen LogP contribution >= 0.6 is 22.7 Å². The highest BCUT2D eigenvalue weighted by Crippen LogP contribution is 2.32. The van der Waals surface area contributed by atoms with Crippen LogP contribution in [0.15, 0.2) is 12.1 Å². The fourth-order valence-corrected chi connectivity index (χ4v) is 3.34. The number of aryl methyl sites for hydroxylation is 1. The third-order valence-corrected chi connectivity index (χ3v) is 3.86. The quantitative estimate of drug-likeness (QED) is 0.551. The molecule has 2 aromatic heterocycles. The summed E-state index contributed by atoms with van der Waals surface area (Å²) in [7, 11) is 0. The van der Waals surface area contributed by atoms with Gasteiger partial charge in [0.1, 0.15) is 4.88 Å². The van der Waals surface area contributed by atoms with Gasteiger partial charge < -0.3 is 4.74 Å². The number of carbonyl (C=O) groups excluding carboxylic acids is 1. The van der Waals surface area contributed by atoms with Crippen molar-refractivity contribution in [2.24, 2.45) is 0 Å². The largest absolute Gasteiger partial charge is 0.363 e. The fraction of sp³-hybridized carbons (Fsp3) is 0.111. The van der Waals surface area contributed by atoms with Crippen LogP contribution in [-0.2, 0) is 4.74 Å². The number of fused-ring (bicyclic) bond motifs is 1. The van der Waals surface area contributed by atoms with Gasteiger partial charge in [-0.15, -0.1) is 27.9 Å². The van der Waals surface area contributed by atoms with E-state index in [0.717, 1.165) is 9.40 Å². The Balaban J connectivity index is 2.41. The van der Waals surface area contributed by atoms with Crippen molar-refractivity contribution in [3.05, 3.63) is 21.9 Å². The Morgan fingerprint density at radius 2 is 2.14 bits per heavy atom. The van der Waals surface area contributed by atoms with E-state index in [2.05, 4.69) is 4.74 Å². The second-order valence-corrected chi connectivity index (χ2v) is 5.05. The van der Waals surface area contributed by atoms with Gasteiger partial charge in [-0.25, -0.2) is 4.79 Å². The number of hydrogen-bond donors (Lipinski definition) is 0. The normalized spacial score (nSPS) is 10.0. The molecule has 0 saturated carbocycles. The first-order chi connectivity index (χ1) is 6.70. The number of rotatable bonds is 1. The summed E-state index contributed by atoms with van der Waals surface area (Å²) in [5.74, 6) is -0.571. The molecule has 5 heteroatoms. The number of esters is 1. The fourth-order valence-electron chi connectivity index (χ4n) is 1.15. The molecule has 0 bridgehead atoms. The predicted octanol–water partition coefficient (Wildman–Crippen LogP) is 2.91. The van der Waals surface area contributed by atoms with Gasteiger partial charge >= 0.3 is 5.97 Å². The molecule has 70 valence electrons. The molecule has 2 aromatic rings. The van der Waals surface area contributed by atoms with Crippen molar-refractivity contribution in [3.63, 3.8) is 0 Å². The van der Waals surface area contributed by atoms with Crippen LogP contribution in [0.2, 0.25) is 0 Å². The van der Waals surface area contributed by atoms with Crippen LogP contribution < -0.4 is 0 Å². The van der Waals surface area contributed by atoms with Crippen molar-refractivity contribution in [2.45, 2.75) is 6.92 Å². The summed E-state index contributed by atoms with van der Waals surface area (Å²) < 4.78 is 6.37. The standard InChI is InChI=1S/C9H5NO2S2/c1-5-2-6-7(13-5)3-8(14-6)9(11)12-4-10/h2-3H,1H3. The molecule has 0 fully saturated rings. The van der Waals surface area contributed by atoms with Crippen LogP contribution in [0.5, 0.6) is 0 Å². The lowest BCUT2D eigenvalue weighted by molar-refractivity contribution is 0.0690. The zero-order chi connectivity index (χ0) is 10.1. The monoisotopic (exact) mass is 223 g/mol. The molecule has 2 heterocycles. The molecule has 0 aliphatic rings. The van der Waals surface area contributed by atoms with E-state index in [1.165, 1.54) is 22.5 Å². The summed E-state index contributed by atoms with van der Waals surface area (Å²) in [5, 5.41) is 8.18. The van der Waals surface area contributed by atoms with Crippen molar-refractivity contribution in [2.75, 3.05) is 0 Å². The molecule has 0 spiro atoms. The van der Waals surface area contributed by atoms with Crippen LogP contribution in [0, 0.1) is 18.4 Å². The van der Waals surface area contributed by atoms with Crippen molar-refractivity contribution < 1.29 is 9.53 Å². The summed E-state index contributed by atoms with van der Waals surface area (Å²) in [5.41, 5.74) is 0. The maximum atomic E-state index is 11.2. The van der Waals surface area contributed by atoms with Crippen molar-refractivity contribution in [1.82, 2.24) is 0 Å². The minimum absolute atomic E-state index is 0.479. The molecule has 0 radical (unpaired) electrons. The Morgan fingerprint density at radius 3 is 2.79 bits per heavy atom. The molecule has 0 unspecified atom stereocenters. The second kappa shape index (κ2) is 3.40. The van der Waals surface area contributed by atoms with E-state index >= 15 is 0 Å². The topological polar surface area (TPSA) is 50.1 Å². The Morgan fingerprint density at radius 1 is 1.43 bits per heavy atom. The highest BCUT2D eigenvalue weighted by Gasteiger charge is 2.12. The molecule has 0 aliphatic carbocycles. The molecule has 2 rings (SSSR count). The van der Waals surface area contributed by atoms with Crippen LogP contribution in [0.3, 0.4) is 0 Å². The Labute approximate surface area is 88.2 Å². The van der Waals surface area contributed by atoms with E-state index < -0.39 is 5.97 Å². The number of ether oxygens (including phenoxy) is 1. The zero-order valence-corrected chi connectivity index (χ0v) is 8.87. The van der Waals surface area contributed by atoms with E-state index in [9.17, 15) is 4.79 Å². The minimum atomic E-state index is -0.571. The molecule has 0 atom stereocenters. The first kappa shape index (κ1) is 9.19. The molecule has 14 heavy (non-hydrogen) atoms. The van der Waals surface area contributed by atoms with Crippen LogP contribution in [0.25, 0.3) is 9.40 Å². The molecule has 0 N–H and O–H groups in total. The average Bonchev–Trinajstić information content (AvgIpc) is 2.61. The Hall–Kier alpha value is -1.38. The summed E-state index contributed by atoms with van der Waals surface area (Å²) in [6, 6.07) is 3.78. The number of thiophene rings is 2. The van der Waals surface area contributed by atoms with Crippen LogP contribution in [0.1, 0.15) is 14.5 Å². The molecule has 0 aliphatic heterocycles.